The molecular formula is C17H27N3. The Balaban J connectivity index is 1.67. The molecule has 110 valence electrons. The van der Waals surface area contributed by atoms with Gasteiger partial charge in [0.2, 0.25) is 0 Å². The second kappa shape index (κ2) is 6.13. The molecule has 2 heterocycles. The summed E-state index contributed by atoms with van der Waals surface area (Å²) >= 11 is 0. The number of hydrogen-bond acceptors (Lipinski definition) is 3. The Morgan fingerprint density at radius 3 is 2.75 bits per heavy atom. The van der Waals surface area contributed by atoms with Gasteiger partial charge in [0.15, 0.2) is 0 Å². The molecule has 1 aromatic heterocycles. The first-order valence-corrected chi connectivity index (χ1v) is 8.12. The van der Waals surface area contributed by atoms with Gasteiger partial charge in [-0.25, -0.2) is 0 Å². The van der Waals surface area contributed by atoms with Gasteiger partial charge in [0.05, 0.1) is 11.9 Å². The molecule has 0 bridgehead atoms. The summed E-state index contributed by atoms with van der Waals surface area (Å²) in [5.74, 6) is 2.57. The Morgan fingerprint density at radius 2 is 2.05 bits per heavy atom. The van der Waals surface area contributed by atoms with Crippen LogP contribution in [0, 0.1) is 17.8 Å². The third-order valence-electron chi connectivity index (χ3n) is 4.82. The maximum atomic E-state index is 4.36. The van der Waals surface area contributed by atoms with Gasteiger partial charge in [0.25, 0.3) is 0 Å². The van der Waals surface area contributed by atoms with Crippen LogP contribution in [0.3, 0.4) is 0 Å². The van der Waals surface area contributed by atoms with Crippen molar-refractivity contribution in [3.63, 3.8) is 0 Å². The summed E-state index contributed by atoms with van der Waals surface area (Å²) in [5, 5.41) is 3.56. The van der Waals surface area contributed by atoms with Gasteiger partial charge in [-0.15, -0.1) is 0 Å². The standard InChI is InChI=1S/C17H27N3/c1-13(2)8-19-9-14-6-7-18-10-17(14)20-11-15-4-3-5-16(15)12-20/h6-7,10,13,15-16,19H,3-5,8-9,11-12H2,1-2H3. The third kappa shape index (κ3) is 2.98. The Morgan fingerprint density at radius 1 is 1.30 bits per heavy atom. The molecule has 3 heteroatoms. The maximum absolute atomic E-state index is 4.36. The van der Waals surface area contributed by atoms with Crippen molar-refractivity contribution in [1.29, 1.82) is 0 Å². The minimum Gasteiger partial charge on any atom is -0.369 e. The fourth-order valence-electron chi connectivity index (χ4n) is 3.78. The number of anilines is 1. The van der Waals surface area contributed by atoms with Crippen molar-refractivity contribution in [2.75, 3.05) is 24.5 Å². The molecule has 1 N–H and O–H groups in total. The van der Waals surface area contributed by atoms with E-state index in [9.17, 15) is 0 Å². The molecule has 2 aliphatic rings. The van der Waals surface area contributed by atoms with Gasteiger partial charge in [0.1, 0.15) is 0 Å². The van der Waals surface area contributed by atoms with Crippen LogP contribution >= 0.6 is 0 Å². The minimum absolute atomic E-state index is 0.700. The van der Waals surface area contributed by atoms with Gasteiger partial charge in [-0.05, 0) is 48.8 Å². The van der Waals surface area contributed by atoms with Crippen molar-refractivity contribution in [1.82, 2.24) is 10.3 Å². The van der Waals surface area contributed by atoms with Crippen molar-refractivity contribution in [3.05, 3.63) is 24.0 Å². The number of fused-ring (bicyclic) bond motifs is 1. The van der Waals surface area contributed by atoms with Gasteiger partial charge in [-0.1, -0.05) is 20.3 Å². The number of aromatic nitrogens is 1. The Bertz CT molecular complexity index is 432. The number of rotatable bonds is 5. The summed E-state index contributed by atoms with van der Waals surface area (Å²) in [5.41, 5.74) is 2.76. The summed E-state index contributed by atoms with van der Waals surface area (Å²) in [6.07, 6.45) is 8.30. The maximum Gasteiger partial charge on any atom is 0.0598 e. The summed E-state index contributed by atoms with van der Waals surface area (Å²) < 4.78 is 0. The van der Waals surface area contributed by atoms with Crippen LogP contribution in [0.15, 0.2) is 18.5 Å². The first kappa shape index (κ1) is 13.9. The fraction of sp³-hybridized carbons (Fsp3) is 0.706. The molecular weight excluding hydrogens is 246 g/mol. The summed E-state index contributed by atoms with van der Waals surface area (Å²) in [6, 6.07) is 2.18. The smallest absolute Gasteiger partial charge is 0.0598 e. The monoisotopic (exact) mass is 273 g/mol. The number of nitrogens with zero attached hydrogens (tertiary/aromatic N) is 2. The van der Waals surface area contributed by atoms with Crippen LogP contribution < -0.4 is 10.2 Å². The molecule has 1 aliphatic heterocycles. The minimum atomic E-state index is 0.700. The molecule has 0 amide bonds. The van der Waals surface area contributed by atoms with Crippen LogP contribution in [0.4, 0.5) is 5.69 Å². The molecule has 1 saturated heterocycles. The molecule has 0 spiro atoms. The zero-order valence-electron chi connectivity index (χ0n) is 12.8. The lowest BCUT2D eigenvalue weighted by molar-refractivity contribution is 0.494. The van der Waals surface area contributed by atoms with Crippen LogP contribution in [-0.4, -0.2) is 24.6 Å². The van der Waals surface area contributed by atoms with Crippen molar-refractivity contribution < 1.29 is 0 Å². The van der Waals surface area contributed by atoms with E-state index in [1.165, 1.54) is 43.6 Å². The highest BCUT2D eigenvalue weighted by molar-refractivity contribution is 5.52. The van der Waals surface area contributed by atoms with Gasteiger partial charge >= 0.3 is 0 Å². The average Bonchev–Trinajstić information content (AvgIpc) is 2.99. The van der Waals surface area contributed by atoms with Crippen molar-refractivity contribution in [2.45, 2.75) is 39.7 Å². The van der Waals surface area contributed by atoms with E-state index in [4.69, 9.17) is 0 Å². The lowest BCUT2D eigenvalue weighted by Crippen LogP contribution is -2.25. The van der Waals surface area contributed by atoms with E-state index in [0.29, 0.717) is 5.92 Å². The van der Waals surface area contributed by atoms with Crippen LogP contribution in [0.2, 0.25) is 0 Å². The summed E-state index contributed by atoms with van der Waals surface area (Å²) in [4.78, 5) is 6.93. The molecule has 3 nitrogen and oxygen atoms in total. The lowest BCUT2D eigenvalue weighted by Gasteiger charge is -2.22. The van der Waals surface area contributed by atoms with E-state index in [1.807, 2.05) is 6.20 Å². The normalized spacial score (nSPS) is 25.4. The molecule has 2 atom stereocenters. The molecule has 20 heavy (non-hydrogen) atoms. The highest BCUT2D eigenvalue weighted by Crippen LogP contribution is 2.40. The summed E-state index contributed by atoms with van der Waals surface area (Å²) in [7, 11) is 0. The van der Waals surface area contributed by atoms with Crippen molar-refractivity contribution in [3.8, 4) is 0 Å². The third-order valence-corrected chi connectivity index (χ3v) is 4.82. The van der Waals surface area contributed by atoms with Crippen LogP contribution in [0.25, 0.3) is 0 Å². The Kier molecular flexibility index (Phi) is 4.25. The molecule has 1 aliphatic carbocycles. The highest BCUT2D eigenvalue weighted by Gasteiger charge is 2.36. The quantitative estimate of drug-likeness (QED) is 0.893. The average molecular weight is 273 g/mol. The molecule has 0 aromatic carbocycles. The topological polar surface area (TPSA) is 28.2 Å². The molecule has 2 unspecified atom stereocenters. The SMILES string of the molecule is CC(C)CNCc1ccncc1N1CC2CCCC2C1. The molecule has 2 fully saturated rings. The lowest BCUT2D eigenvalue weighted by atomic mass is 10.0. The van der Waals surface area contributed by atoms with E-state index in [1.54, 1.807) is 0 Å². The van der Waals surface area contributed by atoms with E-state index < -0.39 is 0 Å². The highest BCUT2D eigenvalue weighted by atomic mass is 15.2. The second-order valence-electron chi connectivity index (χ2n) is 6.89. The Labute approximate surface area is 122 Å². The predicted octanol–water partition coefficient (Wildman–Crippen LogP) is 3.06. The van der Waals surface area contributed by atoms with Crippen LogP contribution in [0.1, 0.15) is 38.7 Å². The van der Waals surface area contributed by atoms with Crippen molar-refractivity contribution in [2.24, 2.45) is 17.8 Å². The second-order valence-corrected chi connectivity index (χ2v) is 6.89. The van der Waals surface area contributed by atoms with Gasteiger partial charge in [-0.3, -0.25) is 4.98 Å². The number of hydrogen-bond donors (Lipinski definition) is 1. The molecule has 1 aromatic rings. The van der Waals surface area contributed by atoms with E-state index in [2.05, 4.69) is 41.3 Å². The van der Waals surface area contributed by atoms with Gasteiger partial charge in [-0.2, -0.15) is 0 Å². The van der Waals surface area contributed by atoms with Crippen LogP contribution in [0.5, 0.6) is 0 Å². The van der Waals surface area contributed by atoms with Crippen molar-refractivity contribution >= 4 is 5.69 Å². The van der Waals surface area contributed by atoms with Crippen LogP contribution in [-0.2, 0) is 6.54 Å². The molecule has 0 radical (unpaired) electrons. The van der Waals surface area contributed by atoms with E-state index >= 15 is 0 Å². The van der Waals surface area contributed by atoms with Gasteiger partial charge in [0, 0.05) is 25.8 Å². The summed E-state index contributed by atoms with van der Waals surface area (Å²) in [6.45, 7) is 9.03. The zero-order chi connectivity index (χ0) is 13.9. The zero-order valence-corrected chi connectivity index (χ0v) is 12.8. The number of nitrogens with one attached hydrogen (secondary N) is 1. The molecule has 1 saturated carbocycles. The van der Waals surface area contributed by atoms with Gasteiger partial charge < -0.3 is 10.2 Å². The molecule has 3 rings (SSSR count). The van der Waals surface area contributed by atoms with E-state index in [0.717, 1.165) is 24.9 Å². The predicted molar refractivity (Wildman–Crippen MR) is 83.8 cm³/mol. The largest absolute Gasteiger partial charge is 0.369 e. The fourth-order valence-corrected chi connectivity index (χ4v) is 3.78. The number of pyridine rings is 1. The van der Waals surface area contributed by atoms with E-state index in [-0.39, 0.29) is 0 Å². The Hall–Kier alpha value is -1.09. The first-order chi connectivity index (χ1) is 9.74. The first-order valence-electron chi connectivity index (χ1n) is 8.12.